The van der Waals surface area contributed by atoms with Gasteiger partial charge in [0.15, 0.2) is 0 Å². The zero-order chi connectivity index (χ0) is 15.0. The summed E-state index contributed by atoms with van der Waals surface area (Å²) in [5, 5.41) is 18.9. The van der Waals surface area contributed by atoms with Gasteiger partial charge in [-0.05, 0) is 25.3 Å². The summed E-state index contributed by atoms with van der Waals surface area (Å²) in [6.45, 7) is 5.41. The van der Waals surface area contributed by atoms with E-state index in [4.69, 9.17) is 10.00 Å². The fourth-order valence-corrected chi connectivity index (χ4v) is 1.99. The first-order valence-corrected chi connectivity index (χ1v) is 7.03. The van der Waals surface area contributed by atoms with Crippen molar-refractivity contribution in [2.45, 2.75) is 46.1 Å². The molecule has 1 heterocycles. The van der Waals surface area contributed by atoms with E-state index in [-0.39, 0.29) is 17.0 Å². The first-order valence-electron chi connectivity index (χ1n) is 7.03. The monoisotopic (exact) mass is 278 g/mol. The number of aromatic hydroxyl groups is 1. The molecule has 0 bridgehead atoms. The summed E-state index contributed by atoms with van der Waals surface area (Å²) < 4.78 is 6.68. The highest BCUT2D eigenvalue weighted by molar-refractivity contribution is 5.43. The summed E-state index contributed by atoms with van der Waals surface area (Å²) >= 11 is 0. The smallest absolute Gasteiger partial charge is 0.253 e. The molecule has 1 N–H and O–H groups in total. The van der Waals surface area contributed by atoms with Crippen LogP contribution < -0.4 is 5.56 Å². The molecule has 1 aromatic heterocycles. The normalized spacial score (nSPS) is 10.4. The molecule has 0 aliphatic carbocycles. The average molecular weight is 278 g/mol. The molecule has 0 spiro atoms. The number of nitriles is 1. The Labute approximate surface area is 119 Å². The minimum absolute atomic E-state index is 0.161. The molecule has 0 saturated heterocycles. The number of hydrogen-bond acceptors (Lipinski definition) is 4. The van der Waals surface area contributed by atoms with Gasteiger partial charge in [-0.25, -0.2) is 0 Å². The molecule has 0 unspecified atom stereocenters. The lowest BCUT2D eigenvalue weighted by Crippen LogP contribution is -2.21. The van der Waals surface area contributed by atoms with Gasteiger partial charge in [-0.3, -0.25) is 9.36 Å². The second kappa shape index (κ2) is 8.39. The van der Waals surface area contributed by atoms with Gasteiger partial charge in [0.25, 0.3) is 5.56 Å². The topological polar surface area (TPSA) is 75.2 Å². The van der Waals surface area contributed by atoms with Gasteiger partial charge in [-0.1, -0.05) is 19.8 Å². The maximum absolute atomic E-state index is 11.8. The van der Waals surface area contributed by atoms with Crippen LogP contribution in [0.3, 0.4) is 0 Å². The Morgan fingerprint density at radius 2 is 2.05 bits per heavy atom. The summed E-state index contributed by atoms with van der Waals surface area (Å²) in [6, 6.07) is 3.29. The Morgan fingerprint density at radius 1 is 1.35 bits per heavy atom. The van der Waals surface area contributed by atoms with E-state index in [2.05, 4.69) is 6.92 Å². The molecule has 0 saturated carbocycles. The molecule has 0 aliphatic heterocycles. The molecule has 1 aromatic rings. The van der Waals surface area contributed by atoms with Gasteiger partial charge in [0.2, 0.25) is 5.88 Å². The van der Waals surface area contributed by atoms with Crippen LogP contribution >= 0.6 is 0 Å². The number of pyridine rings is 1. The first kappa shape index (κ1) is 16.3. The Morgan fingerprint density at radius 3 is 2.70 bits per heavy atom. The third kappa shape index (κ3) is 4.39. The van der Waals surface area contributed by atoms with E-state index in [0.29, 0.717) is 25.1 Å². The maximum atomic E-state index is 11.8. The van der Waals surface area contributed by atoms with E-state index in [9.17, 15) is 9.90 Å². The molecule has 5 nitrogen and oxygen atoms in total. The Bertz CT molecular complexity index is 529. The SMILES string of the molecule is CCCCCOCCCn1c(O)c(C#N)c(C)cc1=O. The summed E-state index contributed by atoms with van der Waals surface area (Å²) in [4.78, 5) is 11.8. The molecule has 5 heteroatoms. The molecule has 0 atom stereocenters. The Kier molecular flexibility index (Phi) is 6.82. The minimum atomic E-state index is -0.287. The van der Waals surface area contributed by atoms with Crippen molar-refractivity contribution >= 4 is 0 Å². The largest absolute Gasteiger partial charge is 0.493 e. The standard InChI is InChI=1S/C15H22N2O3/c1-3-4-5-8-20-9-6-7-17-14(18)10-12(2)13(11-16)15(17)19/h10,19H,3-9H2,1-2H3. The van der Waals surface area contributed by atoms with Gasteiger partial charge in [0.1, 0.15) is 11.6 Å². The molecular formula is C15H22N2O3. The van der Waals surface area contributed by atoms with Crippen molar-refractivity contribution in [2.24, 2.45) is 0 Å². The molecular weight excluding hydrogens is 256 g/mol. The number of ether oxygens (including phenoxy) is 1. The number of nitrogens with zero attached hydrogens (tertiary/aromatic N) is 2. The highest BCUT2D eigenvalue weighted by Gasteiger charge is 2.11. The van der Waals surface area contributed by atoms with Gasteiger partial charge in [0, 0.05) is 25.8 Å². The lowest BCUT2D eigenvalue weighted by molar-refractivity contribution is 0.124. The molecule has 0 amide bonds. The van der Waals surface area contributed by atoms with Gasteiger partial charge >= 0.3 is 0 Å². The maximum Gasteiger partial charge on any atom is 0.253 e. The zero-order valence-electron chi connectivity index (χ0n) is 12.2. The van der Waals surface area contributed by atoms with Crippen molar-refractivity contribution in [3.8, 4) is 11.9 Å². The van der Waals surface area contributed by atoms with Crippen LogP contribution in [-0.4, -0.2) is 22.9 Å². The van der Waals surface area contributed by atoms with Crippen molar-refractivity contribution in [1.82, 2.24) is 4.57 Å². The summed E-state index contributed by atoms with van der Waals surface area (Å²) in [5.74, 6) is -0.247. The molecule has 1 rings (SSSR count). The van der Waals surface area contributed by atoms with Crippen molar-refractivity contribution in [3.63, 3.8) is 0 Å². The van der Waals surface area contributed by atoms with Crippen LogP contribution in [0.1, 0.15) is 43.7 Å². The van der Waals surface area contributed by atoms with Crippen molar-refractivity contribution < 1.29 is 9.84 Å². The fourth-order valence-electron chi connectivity index (χ4n) is 1.99. The van der Waals surface area contributed by atoms with E-state index in [1.165, 1.54) is 10.6 Å². The fraction of sp³-hybridized carbons (Fsp3) is 0.600. The predicted molar refractivity (Wildman–Crippen MR) is 76.8 cm³/mol. The molecule has 20 heavy (non-hydrogen) atoms. The third-order valence-electron chi connectivity index (χ3n) is 3.15. The third-order valence-corrected chi connectivity index (χ3v) is 3.15. The van der Waals surface area contributed by atoms with Crippen molar-refractivity contribution in [1.29, 1.82) is 5.26 Å². The molecule has 0 fully saturated rings. The quantitative estimate of drug-likeness (QED) is 0.740. The van der Waals surface area contributed by atoms with Crippen LogP contribution in [0.5, 0.6) is 5.88 Å². The number of rotatable bonds is 8. The lowest BCUT2D eigenvalue weighted by Gasteiger charge is -2.11. The second-order valence-corrected chi connectivity index (χ2v) is 4.80. The van der Waals surface area contributed by atoms with E-state index >= 15 is 0 Å². The number of aryl methyl sites for hydroxylation is 1. The number of hydrogen-bond donors (Lipinski definition) is 1. The summed E-state index contributed by atoms with van der Waals surface area (Å²) in [5.41, 5.74) is 0.375. The van der Waals surface area contributed by atoms with Crippen LogP contribution in [0.2, 0.25) is 0 Å². The van der Waals surface area contributed by atoms with Gasteiger partial charge in [-0.15, -0.1) is 0 Å². The van der Waals surface area contributed by atoms with Gasteiger partial charge in [0.05, 0.1) is 0 Å². The van der Waals surface area contributed by atoms with Crippen LogP contribution in [0.4, 0.5) is 0 Å². The van der Waals surface area contributed by atoms with E-state index in [1.807, 2.05) is 6.07 Å². The molecule has 0 aromatic carbocycles. The molecule has 0 radical (unpaired) electrons. The second-order valence-electron chi connectivity index (χ2n) is 4.80. The summed E-state index contributed by atoms with van der Waals surface area (Å²) in [6.07, 6.45) is 4.00. The lowest BCUT2D eigenvalue weighted by atomic mass is 10.1. The highest BCUT2D eigenvalue weighted by atomic mass is 16.5. The van der Waals surface area contributed by atoms with E-state index in [0.717, 1.165) is 25.9 Å². The first-order chi connectivity index (χ1) is 9.61. The van der Waals surface area contributed by atoms with E-state index in [1.54, 1.807) is 6.92 Å². The summed E-state index contributed by atoms with van der Waals surface area (Å²) in [7, 11) is 0. The van der Waals surface area contributed by atoms with Crippen molar-refractivity contribution in [2.75, 3.05) is 13.2 Å². The van der Waals surface area contributed by atoms with Crippen LogP contribution in [0, 0.1) is 18.3 Å². The number of aromatic nitrogens is 1. The van der Waals surface area contributed by atoms with E-state index < -0.39 is 0 Å². The Hall–Kier alpha value is -1.80. The molecule has 110 valence electrons. The van der Waals surface area contributed by atoms with Gasteiger partial charge in [-0.2, -0.15) is 5.26 Å². The van der Waals surface area contributed by atoms with Crippen LogP contribution in [0.25, 0.3) is 0 Å². The van der Waals surface area contributed by atoms with Crippen molar-refractivity contribution in [3.05, 3.63) is 27.5 Å². The average Bonchev–Trinajstić information content (AvgIpc) is 2.41. The highest BCUT2D eigenvalue weighted by Crippen LogP contribution is 2.17. The Balaban J connectivity index is 2.53. The van der Waals surface area contributed by atoms with Gasteiger partial charge < -0.3 is 9.84 Å². The van der Waals surface area contributed by atoms with Crippen LogP contribution in [-0.2, 0) is 11.3 Å². The number of unbranched alkanes of at least 4 members (excludes halogenated alkanes) is 2. The minimum Gasteiger partial charge on any atom is -0.493 e. The predicted octanol–water partition coefficient (Wildman–Crippen LogP) is 2.33. The molecule has 0 aliphatic rings. The van der Waals surface area contributed by atoms with Crippen LogP contribution in [0.15, 0.2) is 10.9 Å². The zero-order valence-corrected chi connectivity index (χ0v) is 12.2.